The third-order valence-corrected chi connectivity index (χ3v) is 4.14. The molecule has 0 radical (unpaired) electrons. The van der Waals surface area contributed by atoms with Crippen molar-refractivity contribution >= 4 is 0 Å². The molecule has 1 aliphatic rings. The lowest BCUT2D eigenvalue weighted by Gasteiger charge is -2.13. The molecule has 1 fully saturated rings. The Hall–Kier alpha value is -1.61. The number of hydrogen-bond donors (Lipinski definition) is 1. The number of imidazole rings is 1. The number of hydrogen-bond acceptors (Lipinski definition) is 2. The highest BCUT2D eigenvalue weighted by Gasteiger charge is 2.20. The molecule has 1 N–H and O–H groups in total. The van der Waals surface area contributed by atoms with Crippen LogP contribution in [0.1, 0.15) is 48.7 Å². The van der Waals surface area contributed by atoms with Crippen LogP contribution < -0.4 is 5.32 Å². The molecule has 1 aromatic heterocycles. The van der Waals surface area contributed by atoms with E-state index in [1.807, 2.05) is 6.20 Å². The first-order chi connectivity index (χ1) is 10.3. The van der Waals surface area contributed by atoms with Crippen molar-refractivity contribution in [3.05, 3.63) is 53.1 Å². The highest BCUT2D eigenvalue weighted by atomic mass is 15.1. The summed E-state index contributed by atoms with van der Waals surface area (Å²) in [5, 5.41) is 3.62. The van der Waals surface area contributed by atoms with Gasteiger partial charge in [-0.2, -0.15) is 0 Å². The summed E-state index contributed by atoms with van der Waals surface area (Å²) in [4.78, 5) is 4.55. The van der Waals surface area contributed by atoms with E-state index in [2.05, 4.69) is 53.1 Å². The zero-order valence-corrected chi connectivity index (χ0v) is 13.1. The molecule has 3 heteroatoms. The molecule has 2 aromatic rings. The minimum atomic E-state index is 0.751. The Morgan fingerprint density at radius 2 is 2.14 bits per heavy atom. The number of rotatable bonds is 7. The molecule has 3 nitrogen and oxygen atoms in total. The fraction of sp³-hybridized carbons (Fsp3) is 0.500. The molecule has 1 heterocycles. The van der Waals surface area contributed by atoms with Gasteiger partial charge in [0, 0.05) is 37.9 Å². The molecule has 0 atom stereocenters. The minimum absolute atomic E-state index is 0.751. The molecule has 0 unspecified atom stereocenters. The van der Waals surface area contributed by atoms with Crippen LogP contribution in [0.4, 0.5) is 0 Å². The lowest BCUT2D eigenvalue weighted by atomic mass is 10.0. The first-order valence-corrected chi connectivity index (χ1v) is 8.08. The number of benzene rings is 1. The van der Waals surface area contributed by atoms with Gasteiger partial charge < -0.3 is 9.88 Å². The Bertz CT molecular complexity index is 596. The molecule has 1 aromatic carbocycles. The van der Waals surface area contributed by atoms with Gasteiger partial charge in [0.1, 0.15) is 5.82 Å². The largest absolute Gasteiger partial charge is 0.335 e. The normalized spacial score (nSPS) is 14.6. The molecular weight excluding hydrogens is 258 g/mol. The average Bonchev–Trinajstić information content (AvgIpc) is 3.20. The quantitative estimate of drug-likeness (QED) is 0.843. The van der Waals surface area contributed by atoms with E-state index in [-0.39, 0.29) is 0 Å². The molecule has 0 saturated heterocycles. The molecule has 0 bridgehead atoms. The van der Waals surface area contributed by atoms with Gasteiger partial charge in [-0.15, -0.1) is 0 Å². The van der Waals surface area contributed by atoms with E-state index in [4.69, 9.17) is 0 Å². The van der Waals surface area contributed by atoms with Gasteiger partial charge in [0.15, 0.2) is 0 Å². The number of nitrogens with one attached hydrogen (secondary N) is 1. The molecule has 0 spiro atoms. The SMILES string of the molecule is CCCn1ccnc1Cc1cc(C)ccc1CNC1CC1. The second-order valence-electron chi connectivity index (χ2n) is 6.14. The second-order valence-corrected chi connectivity index (χ2v) is 6.14. The summed E-state index contributed by atoms with van der Waals surface area (Å²) in [6.07, 6.45) is 8.76. The average molecular weight is 283 g/mol. The third-order valence-electron chi connectivity index (χ3n) is 4.14. The van der Waals surface area contributed by atoms with Crippen LogP contribution in [0.15, 0.2) is 30.6 Å². The van der Waals surface area contributed by atoms with Crippen LogP contribution in [0.3, 0.4) is 0 Å². The molecule has 112 valence electrons. The Kier molecular flexibility index (Phi) is 4.39. The Morgan fingerprint density at radius 3 is 2.90 bits per heavy atom. The van der Waals surface area contributed by atoms with Crippen molar-refractivity contribution in [2.45, 2.75) is 58.7 Å². The fourth-order valence-corrected chi connectivity index (χ4v) is 2.76. The van der Waals surface area contributed by atoms with Crippen molar-refractivity contribution in [1.29, 1.82) is 0 Å². The van der Waals surface area contributed by atoms with E-state index < -0.39 is 0 Å². The summed E-state index contributed by atoms with van der Waals surface area (Å²) in [7, 11) is 0. The minimum Gasteiger partial charge on any atom is -0.335 e. The van der Waals surface area contributed by atoms with Gasteiger partial charge in [-0.25, -0.2) is 4.98 Å². The van der Waals surface area contributed by atoms with Gasteiger partial charge >= 0.3 is 0 Å². The van der Waals surface area contributed by atoms with E-state index in [1.165, 1.54) is 35.4 Å². The molecule has 3 rings (SSSR count). The zero-order chi connectivity index (χ0) is 14.7. The summed E-state index contributed by atoms with van der Waals surface area (Å²) in [5.41, 5.74) is 4.15. The van der Waals surface area contributed by atoms with Crippen LogP contribution in [-0.4, -0.2) is 15.6 Å². The highest BCUT2D eigenvalue weighted by molar-refractivity contribution is 5.33. The number of aromatic nitrogens is 2. The first-order valence-electron chi connectivity index (χ1n) is 8.08. The summed E-state index contributed by atoms with van der Waals surface area (Å²) >= 11 is 0. The van der Waals surface area contributed by atoms with Crippen LogP contribution in [0.2, 0.25) is 0 Å². The van der Waals surface area contributed by atoms with Gasteiger partial charge in [0.2, 0.25) is 0 Å². The van der Waals surface area contributed by atoms with Gasteiger partial charge in [-0.3, -0.25) is 0 Å². The van der Waals surface area contributed by atoms with Gasteiger partial charge in [0.25, 0.3) is 0 Å². The van der Waals surface area contributed by atoms with E-state index in [1.54, 1.807) is 0 Å². The van der Waals surface area contributed by atoms with Crippen molar-refractivity contribution in [1.82, 2.24) is 14.9 Å². The summed E-state index contributed by atoms with van der Waals surface area (Å²) < 4.78 is 2.28. The highest BCUT2D eigenvalue weighted by Crippen LogP contribution is 2.21. The number of nitrogens with zero attached hydrogens (tertiary/aromatic N) is 2. The predicted molar refractivity (Wildman–Crippen MR) is 86.4 cm³/mol. The maximum Gasteiger partial charge on any atom is 0.113 e. The smallest absolute Gasteiger partial charge is 0.113 e. The second kappa shape index (κ2) is 6.44. The van der Waals surface area contributed by atoms with E-state index in [9.17, 15) is 0 Å². The van der Waals surface area contributed by atoms with Crippen LogP contribution in [0, 0.1) is 6.92 Å². The maximum absolute atomic E-state index is 4.55. The molecule has 1 aliphatic carbocycles. The molecule has 0 amide bonds. The molecular formula is C18H25N3. The number of aryl methyl sites for hydroxylation is 2. The van der Waals surface area contributed by atoms with E-state index in [0.717, 1.165) is 32.0 Å². The predicted octanol–water partition coefficient (Wildman–Crippen LogP) is 3.44. The third kappa shape index (κ3) is 3.73. The van der Waals surface area contributed by atoms with Gasteiger partial charge in [0.05, 0.1) is 0 Å². The van der Waals surface area contributed by atoms with Crippen LogP contribution in [-0.2, 0) is 19.5 Å². The van der Waals surface area contributed by atoms with Crippen molar-refractivity contribution < 1.29 is 0 Å². The monoisotopic (exact) mass is 283 g/mol. The van der Waals surface area contributed by atoms with Gasteiger partial charge in [-0.1, -0.05) is 30.7 Å². The molecule has 21 heavy (non-hydrogen) atoms. The topological polar surface area (TPSA) is 29.9 Å². The summed E-state index contributed by atoms with van der Waals surface area (Å²) in [6.45, 7) is 6.41. The van der Waals surface area contributed by atoms with Crippen molar-refractivity contribution in [3.63, 3.8) is 0 Å². The van der Waals surface area contributed by atoms with Gasteiger partial charge in [-0.05, 0) is 37.3 Å². The zero-order valence-electron chi connectivity index (χ0n) is 13.1. The standard InChI is InChI=1S/C18H25N3/c1-3-9-21-10-8-19-18(21)12-16-11-14(2)4-5-15(16)13-20-17-6-7-17/h4-5,8,10-11,17,20H,3,6-7,9,12-13H2,1-2H3. The van der Waals surface area contributed by atoms with Crippen LogP contribution in [0.25, 0.3) is 0 Å². The Labute approximate surface area is 127 Å². The maximum atomic E-state index is 4.55. The Morgan fingerprint density at radius 1 is 1.29 bits per heavy atom. The van der Waals surface area contributed by atoms with Crippen molar-refractivity contribution in [3.8, 4) is 0 Å². The van der Waals surface area contributed by atoms with Crippen LogP contribution >= 0.6 is 0 Å². The summed E-state index contributed by atoms with van der Waals surface area (Å²) in [5.74, 6) is 1.18. The first kappa shape index (κ1) is 14.3. The van der Waals surface area contributed by atoms with Crippen molar-refractivity contribution in [2.24, 2.45) is 0 Å². The lowest BCUT2D eigenvalue weighted by Crippen LogP contribution is -2.17. The summed E-state index contributed by atoms with van der Waals surface area (Å²) in [6, 6.07) is 7.55. The fourth-order valence-electron chi connectivity index (χ4n) is 2.76. The van der Waals surface area contributed by atoms with Crippen molar-refractivity contribution in [2.75, 3.05) is 0 Å². The lowest BCUT2D eigenvalue weighted by molar-refractivity contribution is 0.643. The molecule has 0 aliphatic heterocycles. The Balaban J connectivity index is 1.78. The van der Waals surface area contributed by atoms with E-state index in [0.29, 0.717) is 0 Å². The van der Waals surface area contributed by atoms with E-state index >= 15 is 0 Å². The molecule has 1 saturated carbocycles. The van der Waals surface area contributed by atoms with Crippen LogP contribution in [0.5, 0.6) is 0 Å².